The molecular formula is C10H7N3O3. The molecule has 2 aromatic heterocycles. The molecule has 2 heterocycles. The quantitative estimate of drug-likeness (QED) is 0.768. The minimum atomic E-state index is -1.10. The van der Waals surface area contributed by atoms with E-state index in [0.717, 1.165) is 0 Å². The number of hydrogen-bond acceptors (Lipinski definition) is 4. The van der Waals surface area contributed by atoms with Crippen LogP contribution < -0.4 is 0 Å². The molecule has 6 heteroatoms. The van der Waals surface area contributed by atoms with Gasteiger partial charge in [0.25, 0.3) is 0 Å². The van der Waals surface area contributed by atoms with Crippen LogP contribution >= 0.6 is 0 Å². The normalized spacial score (nSPS) is 10.0. The number of hydrogen-bond donors (Lipinski definition) is 1. The molecule has 0 atom stereocenters. The highest BCUT2D eigenvalue weighted by molar-refractivity contribution is 5.85. The van der Waals surface area contributed by atoms with Crippen molar-refractivity contribution in [3.05, 3.63) is 42.0 Å². The van der Waals surface area contributed by atoms with Crippen LogP contribution in [-0.4, -0.2) is 32.1 Å². The molecule has 0 aliphatic carbocycles. The fourth-order valence-corrected chi connectivity index (χ4v) is 1.22. The molecule has 0 amide bonds. The molecule has 6 nitrogen and oxygen atoms in total. The van der Waals surface area contributed by atoms with E-state index in [1.165, 1.54) is 29.3 Å². The standard InChI is InChI=1S/C10H7N3O3/c14-6-7-3-8(5-11-4-7)13-2-1-9(12-13)10(15)16/h1-6H,(H,15,16). The number of pyridine rings is 1. The summed E-state index contributed by atoms with van der Waals surface area (Å²) >= 11 is 0. The Bertz CT molecular complexity index is 548. The van der Waals surface area contributed by atoms with Crippen LogP contribution in [0.3, 0.4) is 0 Å². The number of carbonyl (C=O) groups excluding carboxylic acids is 1. The van der Waals surface area contributed by atoms with E-state index in [1.54, 1.807) is 6.07 Å². The fourth-order valence-electron chi connectivity index (χ4n) is 1.22. The smallest absolute Gasteiger partial charge is 0.356 e. The third-order valence-electron chi connectivity index (χ3n) is 1.95. The second kappa shape index (κ2) is 3.93. The molecule has 0 radical (unpaired) electrons. The van der Waals surface area contributed by atoms with E-state index in [4.69, 9.17) is 5.11 Å². The lowest BCUT2D eigenvalue weighted by Gasteiger charge is -2.00. The Balaban J connectivity index is 2.42. The number of carboxylic acids is 1. The van der Waals surface area contributed by atoms with Gasteiger partial charge in [0.1, 0.15) is 0 Å². The van der Waals surface area contributed by atoms with Gasteiger partial charge in [-0.2, -0.15) is 5.10 Å². The lowest BCUT2D eigenvalue weighted by Crippen LogP contribution is -2.01. The zero-order valence-corrected chi connectivity index (χ0v) is 8.07. The molecule has 16 heavy (non-hydrogen) atoms. The first-order chi connectivity index (χ1) is 7.70. The van der Waals surface area contributed by atoms with Gasteiger partial charge in [-0.05, 0) is 12.1 Å². The predicted molar refractivity (Wildman–Crippen MR) is 53.7 cm³/mol. The van der Waals surface area contributed by atoms with E-state index >= 15 is 0 Å². The van der Waals surface area contributed by atoms with E-state index < -0.39 is 5.97 Å². The fraction of sp³-hybridized carbons (Fsp3) is 0. The second-order valence-corrected chi connectivity index (χ2v) is 3.05. The Hall–Kier alpha value is -2.50. The van der Waals surface area contributed by atoms with Gasteiger partial charge < -0.3 is 5.11 Å². The van der Waals surface area contributed by atoms with Crippen LogP contribution in [0.4, 0.5) is 0 Å². The van der Waals surface area contributed by atoms with Crippen molar-refractivity contribution < 1.29 is 14.7 Å². The average Bonchev–Trinajstić information content (AvgIpc) is 2.78. The summed E-state index contributed by atoms with van der Waals surface area (Å²) in [6.07, 6.45) is 5.07. The molecule has 0 saturated heterocycles. The summed E-state index contributed by atoms with van der Waals surface area (Å²) in [6.45, 7) is 0. The van der Waals surface area contributed by atoms with Crippen LogP contribution in [0.1, 0.15) is 20.8 Å². The molecule has 0 aliphatic heterocycles. The molecule has 0 unspecified atom stereocenters. The maximum absolute atomic E-state index is 10.6. The zero-order chi connectivity index (χ0) is 11.5. The Kier molecular flexibility index (Phi) is 2.47. The minimum absolute atomic E-state index is 0.0588. The van der Waals surface area contributed by atoms with E-state index in [1.807, 2.05) is 0 Å². The summed E-state index contributed by atoms with van der Waals surface area (Å²) in [5.41, 5.74) is 0.887. The van der Waals surface area contributed by atoms with Crippen molar-refractivity contribution in [1.82, 2.24) is 14.8 Å². The van der Waals surface area contributed by atoms with Crippen LogP contribution in [0.25, 0.3) is 5.69 Å². The molecule has 0 spiro atoms. The van der Waals surface area contributed by atoms with Crippen molar-refractivity contribution in [2.75, 3.05) is 0 Å². The number of aldehydes is 1. The number of carbonyl (C=O) groups is 2. The average molecular weight is 217 g/mol. The van der Waals surface area contributed by atoms with Crippen LogP contribution in [0, 0.1) is 0 Å². The van der Waals surface area contributed by atoms with Gasteiger partial charge in [-0.15, -0.1) is 0 Å². The minimum Gasteiger partial charge on any atom is -0.476 e. The van der Waals surface area contributed by atoms with Crippen LogP contribution in [-0.2, 0) is 0 Å². The maximum Gasteiger partial charge on any atom is 0.356 e. The van der Waals surface area contributed by atoms with Gasteiger partial charge in [0.05, 0.1) is 11.9 Å². The van der Waals surface area contributed by atoms with Gasteiger partial charge in [-0.1, -0.05) is 0 Å². The van der Waals surface area contributed by atoms with Gasteiger partial charge in [-0.3, -0.25) is 9.78 Å². The maximum atomic E-state index is 10.6. The Morgan fingerprint density at radius 2 is 2.25 bits per heavy atom. The van der Waals surface area contributed by atoms with Gasteiger partial charge in [0.2, 0.25) is 0 Å². The molecule has 80 valence electrons. The number of rotatable bonds is 3. The third kappa shape index (κ3) is 1.81. The number of aromatic carboxylic acids is 1. The first-order valence-electron chi connectivity index (χ1n) is 4.40. The van der Waals surface area contributed by atoms with Crippen LogP contribution in [0.5, 0.6) is 0 Å². The van der Waals surface area contributed by atoms with Gasteiger partial charge in [0, 0.05) is 18.0 Å². The topological polar surface area (TPSA) is 85.1 Å². The number of aromatic nitrogens is 3. The summed E-state index contributed by atoms with van der Waals surface area (Å²) < 4.78 is 1.35. The first kappa shape index (κ1) is 10.0. The van der Waals surface area contributed by atoms with Gasteiger partial charge in [0.15, 0.2) is 12.0 Å². The number of nitrogens with zero attached hydrogens (tertiary/aromatic N) is 3. The Labute approximate surface area is 90.2 Å². The monoisotopic (exact) mass is 217 g/mol. The lowest BCUT2D eigenvalue weighted by atomic mass is 10.3. The highest BCUT2D eigenvalue weighted by Crippen LogP contribution is 2.07. The van der Waals surface area contributed by atoms with E-state index in [2.05, 4.69) is 10.1 Å². The highest BCUT2D eigenvalue weighted by atomic mass is 16.4. The summed E-state index contributed by atoms with van der Waals surface area (Å²) in [5, 5.41) is 12.5. The highest BCUT2D eigenvalue weighted by Gasteiger charge is 2.07. The van der Waals surface area contributed by atoms with Crippen molar-refractivity contribution in [3.63, 3.8) is 0 Å². The lowest BCUT2D eigenvalue weighted by molar-refractivity contribution is 0.0690. The molecule has 2 aromatic rings. The third-order valence-corrected chi connectivity index (χ3v) is 1.95. The van der Waals surface area contributed by atoms with Crippen molar-refractivity contribution in [2.24, 2.45) is 0 Å². The zero-order valence-electron chi connectivity index (χ0n) is 8.07. The molecule has 0 fully saturated rings. The Morgan fingerprint density at radius 3 is 2.88 bits per heavy atom. The Morgan fingerprint density at radius 1 is 1.44 bits per heavy atom. The largest absolute Gasteiger partial charge is 0.476 e. The summed E-state index contributed by atoms with van der Waals surface area (Å²) in [7, 11) is 0. The molecule has 0 aromatic carbocycles. The van der Waals surface area contributed by atoms with Crippen molar-refractivity contribution >= 4 is 12.3 Å². The molecule has 0 saturated carbocycles. The van der Waals surface area contributed by atoms with Gasteiger partial charge in [-0.25, -0.2) is 9.48 Å². The second-order valence-electron chi connectivity index (χ2n) is 3.05. The predicted octanol–water partition coefficient (Wildman–Crippen LogP) is 0.778. The van der Waals surface area contributed by atoms with E-state index in [-0.39, 0.29) is 5.69 Å². The SMILES string of the molecule is O=Cc1cncc(-n2ccc(C(=O)O)n2)c1. The van der Waals surface area contributed by atoms with E-state index in [9.17, 15) is 9.59 Å². The molecule has 0 aliphatic rings. The van der Waals surface area contributed by atoms with Crippen molar-refractivity contribution in [3.8, 4) is 5.69 Å². The molecule has 0 bridgehead atoms. The van der Waals surface area contributed by atoms with E-state index in [0.29, 0.717) is 17.5 Å². The van der Waals surface area contributed by atoms with Crippen LogP contribution in [0.2, 0.25) is 0 Å². The van der Waals surface area contributed by atoms with Crippen molar-refractivity contribution in [2.45, 2.75) is 0 Å². The summed E-state index contributed by atoms with van der Waals surface area (Å²) in [6, 6.07) is 2.94. The van der Waals surface area contributed by atoms with Crippen LogP contribution in [0.15, 0.2) is 30.7 Å². The summed E-state index contributed by atoms with van der Waals surface area (Å²) in [4.78, 5) is 25.0. The summed E-state index contributed by atoms with van der Waals surface area (Å²) in [5.74, 6) is -1.10. The number of carboxylic acid groups (broad SMARTS) is 1. The molecule has 2 rings (SSSR count). The molecular weight excluding hydrogens is 210 g/mol. The first-order valence-corrected chi connectivity index (χ1v) is 4.40. The van der Waals surface area contributed by atoms with Crippen molar-refractivity contribution in [1.29, 1.82) is 0 Å². The van der Waals surface area contributed by atoms with Gasteiger partial charge >= 0.3 is 5.97 Å². The molecule has 1 N–H and O–H groups in total.